The lowest BCUT2D eigenvalue weighted by Crippen LogP contribution is -2.53. The number of morpholine rings is 1. The normalized spacial score (nSPS) is 18.4. The second-order valence-electron chi connectivity index (χ2n) is 4.48. The number of hydrogen-bond acceptors (Lipinski definition) is 5. The molecule has 2 N–H and O–H groups in total. The Morgan fingerprint density at radius 2 is 2.14 bits per heavy atom. The van der Waals surface area contributed by atoms with Crippen LogP contribution < -0.4 is 5.73 Å². The zero-order chi connectivity index (χ0) is 15.6. The number of nitrogen functional groups attached to an aromatic ring is 1. The minimum atomic E-state index is -0.812. The molecule has 1 heterocycles. The number of halogens is 2. The topological polar surface area (TPSA) is 81.9 Å². The van der Waals surface area contributed by atoms with Gasteiger partial charge in [0.25, 0.3) is 5.91 Å². The molecular formula is C13H14Cl2N2O4. The van der Waals surface area contributed by atoms with Gasteiger partial charge in [0.1, 0.15) is 0 Å². The molecule has 0 radical (unpaired) electrons. The zero-order valence-electron chi connectivity index (χ0n) is 11.3. The van der Waals surface area contributed by atoms with Gasteiger partial charge in [-0.25, -0.2) is 4.79 Å². The molecule has 0 spiro atoms. The van der Waals surface area contributed by atoms with Gasteiger partial charge in [-0.2, -0.15) is 0 Å². The molecule has 1 aromatic rings. The molecule has 8 heteroatoms. The Morgan fingerprint density at radius 1 is 1.43 bits per heavy atom. The van der Waals surface area contributed by atoms with Crippen LogP contribution in [0.2, 0.25) is 10.0 Å². The standard InChI is InChI=1S/C13H14Cl2N2O4/c1-20-13(19)10-6-21-3-2-17(10)12(18)8-4-7(16)5-9(14)11(8)15/h4-5,10H,2-3,6,16H2,1H3. The first-order chi connectivity index (χ1) is 9.95. The summed E-state index contributed by atoms with van der Waals surface area (Å²) in [6.45, 7) is 0.653. The van der Waals surface area contributed by atoms with Crippen LogP contribution in [0.4, 0.5) is 5.69 Å². The van der Waals surface area contributed by atoms with Gasteiger partial charge in [0.15, 0.2) is 6.04 Å². The third kappa shape index (κ3) is 3.23. The van der Waals surface area contributed by atoms with Crippen molar-refractivity contribution in [3.63, 3.8) is 0 Å². The lowest BCUT2D eigenvalue weighted by Gasteiger charge is -2.33. The highest BCUT2D eigenvalue weighted by molar-refractivity contribution is 6.44. The van der Waals surface area contributed by atoms with E-state index in [0.717, 1.165) is 0 Å². The maximum absolute atomic E-state index is 12.6. The molecule has 1 fully saturated rings. The van der Waals surface area contributed by atoms with Crippen LogP contribution >= 0.6 is 23.2 Å². The second kappa shape index (κ2) is 6.51. The van der Waals surface area contributed by atoms with E-state index in [1.54, 1.807) is 0 Å². The van der Waals surface area contributed by atoms with Gasteiger partial charge in [-0.15, -0.1) is 0 Å². The largest absolute Gasteiger partial charge is 0.467 e. The number of benzene rings is 1. The quantitative estimate of drug-likeness (QED) is 0.657. The van der Waals surface area contributed by atoms with E-state index in [9.17, 15) is 9.59 Å². The monoisotopic (exact) mass is 332 g/mol. The van der Waals surface area contributed by atoms with Crippen LogP contribution in [-0.4, -0.2) is 49.7 Å². The van der Waals surface area contributed by atoms with Crippen molar-refractivity contribution in [3.05, 3.63) is 27.7 Å². The van der Waals surface area contributed by atoms with Gasteiger partial charge in [-0.05, 0) is 12.1 Å². The highest BCUT2D eigenvalue weighted by atomic mass is 35.5. The first kappa shape index (κ1) is 15.9. The van der Waals surface area contributed by atoms with Crippen LogP contribution in [0.25, 0.3) is 0 Å². The maximum atomic E-state index is 12.6. The van der Waals surface area contributed by atoms with E-state index >= 15 is 0 Å². The summed E-state index contributed by atoms with van der Waals surface area (Å²) in [5.41, 5.74) is 6.15. The second-order valence-corrected chi connectivity index (χ2v) is 5.26. The molecule has 1 unspecified atom stereocenters. The zero-order valence-corrected chi connectivity index (χ0v) is 12.8. The maximum Gasteiger partial charge on any atom is 0.331 e. The molecule has 1 aromatic carbocycles. The molecule has 1 atom stereocenters. The van der Waals surface area contributed by atoms with Crippen LogP contribution in [0.5, 0.6) is 0 Å². The average Bonchev–Trinajstić information content (AvgIpc) is 2.49. The van der Waals surface area contributed by atoms with Crippen molar-refractivity contribution in [3.8, 4) is 0 Å². The highest BCUT2D eigenvalue weighted by Gasteiger charge is 2.35. The predicted octanol–water partition coefficient (Wildman–Crippen LogP) is 1.59. The van der Waals surface area contributed by atoms with Gasteiger partial charge in [-0.1, -0.05) is 23.2 Å². The number of nitrogens with zero attached hydrogens (tertiary/aromatic N) is 1. The minimum Gasteiger partial charge on any atom is -0.467 e. The molecular weight excluding hydrogens is 319 g/mol. The van der Waals surface area contributed by atoms with Crippen molar-refractivity contribution in [2.45, 2.75) is 6.04 Å². The van der Waals surface area contributed by atoms with Crippen molar-refractivity contribution in [2.24, 2.45) is 0 Å². The molecule has 1 amide bonds. The minimum absolute atomic E-state index is 0.0755. The summed E-state index contributed by atoms with van der Waals surface area (Å²) < 4.78 is 9.91. The Kier molecular flexibility index (Phi) is 4.92. The summed E-state index contributed by atoms with van der Waals surface area (Å²) in [6.07, 6.45) is 0. The fraction of sp³-hybridized carbons (Fsp3) is 0.385. The summed E-state index contributed by atoms with van der Waals surface area (Å²) >= 11 is 12.0. The Hall–Kier alpha value is -1.50. The predicted molar refractivity (Wildman–Crippen MR) is 78.5 cm³/mol. The number of carbonyl (C=O) groups excluding carboxylic acids is 2. The number of ether oxygens (including phenoxy) is 2. The van der Waals surface area contributed by atoms with Gasteiger partial charge in [-0.3, -0.25) is 4.79 Å². The number of methoxy groups -OCH3 is 1. The Balaban J connectivity index is 2.35. The number of amides is 1. The number of esters is 1. The van der Waals surface area contributed by atoms with E-state index < -0.39 is 17.9 Å². The third-order valence-electron chi connectivity index (χ3n) is 3.14. The first-order valence-corrected chi connectivity index (χ1v) is 6.92. The SMILES string of the molecule is COC(=O)C1COCCN1C(=O)c1cc(N)cc(Cl)c1Cl. The third-order valence-corrected chi connectivity index (χ3v) is 3.95. The van der Waals surface area contributed by atoms with Gasteiger partial charge in [0, 0.05) is 12.2 Å². The lowest BCUT2D eigenvalue weighted by atomic mass is 10.1. The molecule has 0 aliphatic carbocycles. The molecule has 0 bridgehead atoms. The number of rotatable bonds is 2. The number of hydrogen-bond donors (Lipinski definition) is 1. The smallest absolute Gasteiger partial charge is 0.331 e. The Morgan fingerprint density at radius 3 is 2.81 bits per heavy atom. The van der Waals surface area contributed by atoms with E-state index in [2.05, 4.69) is 4.74 Å². The Bertz CT molecular complexity index is 580. The van der Waals surface area contributed by atoms with Crippen molar-refractivity contribution < 1.29 is 19.1 Å². The van der Waals surface area contributed by atoms with Crippen molar-refractivity contribution in [1.29, 1.82) is 0 Å². The summed E-state index contributed by atoms with van der Waals surface area (Å²) in [5, 5.41) is 0.286. The van der Waals surface area contributed by atoms with E-state index in [1.165, 1.54) is 24.1 Å². The molecule has 21 heavy (non-hydrogen) atoms. The molecule has 1 aliphatic rings. The number of nitrogens with two attached hydrogens (primary N) is 1. The first-order valence-electron chi connectivity index (χ1n) is 6.16. The molecule has 6 nitrogen and oxygen atoms in total. The van der Waals surface area contributed by atoms with Crippen LogP contribution in [0.3, 0.4) is 0 Å². The molecule has 0 aromatic heterocycles. The number of carbonyl (C=O) groups is 2. The van der Waals surface area contributed by atoms with Gasteiger partial charge >= 0.3 is 5.97 Å². The summed E-state index contributed by atoms with van der Waals surface area (Å²) in [6, 6.07) is 2.07. The highest BCUT2D eigenvalue weighted by Crippen LogP contribution is 2.30. The Labute approximate surface area is 131 Å². The number of anilines is 1. The summed E-state index contributed by atoms with van der Waals surface area (Å²) in [4.78, 5) is 25.7. The molecule has 2 rings (SSSR count). The molecule has 1 saturated heterocycles. The fourth-order valence-corrected chi connectivity index (χ4v) is 2.52. The van der Waals surface area contributed by atoms with E-state index in [4.69, 9.17) is 33.7 Å². The van der Waals surface area contributed by atoms with E-state index in [-0.39, 0.29) is 28.8 Å². The van der Waals surface area contributed by atoms with Crippen LogP contribution in [-0.2, 0) is 14.3 Å². The van der Waals surface area contributed by atoms with Crippen LogP contribution in [0.1, 0.15) is 10.4 Å². The van der Waals surface area contributed by atoms with Crippen LogP contribution in [0.15, 0.2) is 12.1 Å². The summed E-state index contributed by atoms with van der Waals surface area (Å²) in [7, 11) is 1.25. The van der Waals surface area contributed by atoms with E-state index in [0.29, 0.717) is 12.3 Å². The van der Waals surface area contributed by atoms with Crippen molar-refractivity contribution in [2.75, 3.05) is 32.6 Å². The van der Waals surface area contributed by atoms with Crippen LogP contribution in [0, 0.1) is 0 Å². The van der Waals surface area contributed by atoms with Gasteiger partial charge < -0.3 is 20.1 Å². The van der Waals surface area contributed by atoms with Crippen molar-refractivity contribution in [1.82, 2.24) is 4.90 Å². The molecule has 1 aliphatic heterocycles. The van der Waals surface area contributed by atoms with E-state index in [1.807, 2.05) is 0 Å². The molecule has 114 valence electrons. The summed E-state index contributed by atoms with van der Waals surface area (Å²) in [5.74, 6) is -0.984. The van der Waals surface area contributed by atoms with Gasteiger partial charge in [0.05, 0.1) is 35.9 Å². The molecule has 0 saturated carbocycles. The van der Waals surface area contributed by atoms with Gasteiger partial charge in [0.2, 0.25) is 0 Å². The lowest BCUT2D eigenvalue weighted by molar-refractivity contribution is -0.151. The average molecular weight is 333 g/mol. The fourth-order valence-electron chi connectivity index (χ4n) is 2.10. The van der Waals surface area contributed by atoms with Crippen molar-refractivity contribution >= 4 is 40.8 Å².